The van der Waals surface area contributed by atoms with Gasteiger partial charge in [-0.2, -0.15) is 5.10 Å². The van der Waals surface area contributed by atoms with Gasteiger partial charge in [0.1, 0.15) is 34.5 Å². The number of anilines is 1. The van der Waals surface area contributed by atoms with Crippen LogP contribution in [0.1, 0.15) is 55.0 Å². The van der Waals surface area contributed by atoms with Crippen LogP contribution in [0.15, 0.2) is 60.0 Å². The zero-order valence-corrected chi connectivity index (χ0v) is 30.1. The first-order chi connectivity index (χ1) is 23.3. The van der Waals surface area contributed by atoms with Crippen LogP contribution in [-0.2, 0) is 31.9 Å². The van der Waals surface area contributed by atoms with Crippen molar-refractivity contribution in [2.75, 3.05) is 18.9 Å². The van der Waals surface area contributed by atoms with Crippen molar-refractivity contribution in [2.24, 2.45) is 5.41 Å². The maximum absolute atomic E-state index is 14.1. The summed E-state index contributed by atoms with van der Waals surface area (Å²) in [6.45, 7) is 9.27. The number of benzene rings is 1. The summed E-state index contributed by atoms with van der Waals surface area (Å²) in [5, 5.41) is 7.95. The van der Waals surface area contributed by atoms with Crippen LogP contribution in [0.2, 0.25) is 0 Å². The minimum atomic E-state index is -3.67. The number of hydrogen-bond donors (Lipinski definition) is 1. The molecule has 0 spiro atoms. The van der Waals surface area contributed by atoms with E-state index in [0.29, 0.717) is 52.7 Å². The number of Topliss-reactive ketones (excluding diaryl/α,β-unsaturated/α-hetero) is 1. The van der Waals surface area contributed by atoms with Gasteiger partial charge in [0.2, 0.25) is 21.8 Å². The summed E-state index contributed by atoms with van der Waals surface area (Å²) in [6.07, 6.45) is 6.92. The highest BCUT2D eigenvalue weighted by atomic mass is 79.9. The fraction of sp³-hybridized carbons (Fsp3) is 0.382. The van der Waals surface area contributed by atoms with Gasteiger partial charge in [-0.15, -0.1) is 6.58 Å². The Bertz CT molecular complexity index is 2100. The van der Waals surface area contributed by atoms with Gasteiger partial charge in [-0.1, -0.05) is 25.1 Å². The van der Waals surface area contributed by atoms with Crippen LogP contribution in [0, 0.1) is 12.3 Å². The molecule has 1 aromatic carbocycles. The van der Waals surface area contributed by atoms with Crippen molar-refractivity contribution in [3.63, 3.8) is 0 Å². The molecule has 0 bridgehead atoms. The maximum Gasteiger partial charge on any atom is 0.248 e. The summed E-state index contributed by atoms with van der Waals surface area (Å²) >= 11 is 3.32. The Kier molecular flexibility index (Phi) is 9.28. The summed E-state index contributed by atoms with van der Waals surface area (Å²) in [7, 11) is -2.15. The van der Waals surface area contributed by atoms with E-state index >= 15 is 0 Å². The van der Waals surface area contributed by atoms with Crippen LogP contribution in [0.4, 0.5) is 5.82 Å². The largest absolute Gasteiger partial charge is 0.325 e. The van der Waals surface area contributed by atoms with Gasteiger partial charge in [0.25, 0.3) is 0 Å². The minimum absolute atomic E-state index is 0.104. The maximum atomic E-state index is 14.1. The first-order valence-corrected chi connectivity index (χ1v) is 18.3. The number of sulfonamides is 1. The van der Waals surface area contributed by atoms with E-state index < -0.39 is 27.4 Å². The standard InChI is InChI=1S/C34H37BrN8O5S/c1-6-12-41(5)49(47,48)19-23-9-11-29(35)38-32(23)39-33(46)27-14-34(7-2)15-28(34)43(27)30(45)18-42-26-10-8-22(24-16-36-21(4)37-17-24)13-25(26)31(40-42)20(3)44/h7-11,13,16-17,27-28H,2,6,12,14-15,18-19H2,1,3-5H3,(H,38,39,46)/t27-,28+,34-/m0/s1. The first-order valence-electron chi connectivity index (χ1n) is 15.9. The number of aromatic nitrogens is 5. The fourth-order valence-electron chi connectivity index (χ4n) is 6.58. The lowest BCUT2D eigenvalue weighted by atomic mass is 9.99. The van der Waals surface area contributed by atoms with Crippen molar-refractivity contribution in [2.45, 2.75) is 64.4 Å². The van der Waals surface area contributed by atoms with Crippen molar-refractivity contribution < 1.29 is 22.8 Å². The predicted octanol–water partition coefficient (Wildman–Crippen LogP) is 4.52. The van der Waals surface area contributed by atoms with Gasteiger partial charge in [-0.3, -0.25) is 19.1 Å². The van der Waals surface area contributed by atoms with Gasteiger partial charge in [0, 0.05) is 60.9 Å². The van der Waals surface area contributed by atoms with E-state index in [-0.39, 0.29) is 41.5 Å². The normalized spacial score (nSPS) is 20.0. The number of carbonyl (C=O) groups excluding carboxylic acids is 3. The Morgan fingerprint density at radius 2 is 1.88 bits per heavy atom. The van der Waals surface area contributed by atoms with Crippen LogP contribution in [0.5, 0.6) is 0 Å². The second kappa shape index (κ2) is 13.2. The highest BCUT2D eigenvalue weighted by Gasteiger charge is 2.65. The summed E-state index contributed by atoms with van der Waals surface area (Å²) in [5.74, 6) is -0.676. The van der Waals surface area contributed by atoms with E-state index in [1.807, 2.05) is 25.1 Å². The molecule has 3 atom stereocenters. The van der Waals surface area contributed by atoms with E-state index in [0.717, 1.165) is 11.1 Å². The third kappa shape index (κ3) is 6.66. The molecular formula is C34H37BrN8O5S. The molecule has 4 aromatic rings. The molecule has 13 nitrogen and oxygen atoms in total. The molecule has 2 aliphatic rings. The van der Waals surface area contributed by atoms with E-state index in [9.17, 15) is 22.8 Å². The van der Waals surface area contributed by atoms with Gasteiger partial charge < -0.3 is 10.2 Å². The molecule has 1 aliphatic heterocycles. The molecule has 1 saturated heterocycles. The molecule has 256 valence electrons. The Labute approximate surface area is 293 Å². The van der Waals surface area contributed by atoms with E-state index in [4.69, 9.17) is 0 Å². The quantitative estimate of drug-likeness (QED) is 0.125. The molecule has 1 saturated carbocycles. The molecule has 3 aromatic heterocycles. The van der Waals surface area contributed by atoms with Crippen molar-refractivity contribution >= 4 is 60.3 Å². The molecule has 1 aliphatic carbocycles. The number of nitrogens with one attached hydrogen (secondary N) is 1. The number of ketones is 1. The van der Waals surface area contributed by atoms with Gasteiger partial charge in [-0.05, 0) is 65.9 Å². The Hall–Kier alpha value is -4.34. The number of halogens is 1. The summed E-state index contributed by atoms with van der Waals surface area (Å²) < 4.78 is 29.3. The summed E-state index contributed by atoms with van der Waals surface area (Å²) in [4.78, 5) is 55.2. The van der Waals surface area contributed by atoms with Crippen LogP contribution in [-0.4, -0.2) is 85.6 Å². The Balaban J connectivity index is 1.27. The number of piperidine rings is 1. The van der Waals surface area contributed by atoms with Gasteiger partial charge in [0.05, 0.1) is 11.3 Å². The second-order valence-corrected chi connectivity index (χ2v) is 15.6. The average molecular weight is 750 g/mol. The third-order valence-electron chi connectivity index (χ3n) is 9.34. The minimum Gasteiger partial charge on any atom is -0.325 e. The number of likely N-dealkylation sites (tertiary alicyclic amines) is 1. The summed E-state index contributed by atoms with van der Waals surface area (Å²) in [5.41, 5.74) is 2.33. The van der Waals surface area contributed by atoms with Crippen molar-refractivity contribution in [1.82, 2.24) is 33.9 Å². The molecule has 0 radical (unpaired) electrons. The van der Waals surface area contributed by atoms with Crippen LogP contribution in [0.3, 0.4) is 0 Å². The molecule has 2 fully saturated rings. The smallest absolute Gasteiger partial charge is 0.248 e. The SMILES string of the molecule is C=C[C@@]12C[C@@H](C(=O)Nc3nc(Br)ccc3CS(=O)(=O)N(C)CCC)N(C(=O)Cn3nc(C(C)=O)c4cc(-c5cnc(C)nc5)ccc43)[C@@H]1C2. The second-order valence-electron chi connectivity index (χ2n) is 12.7. The predicted molar refractivity (Wildman–Crippen MR) is 188 cm³/mol. The van der Waals surface area contributed by atoms with Gasteiger partial charge in [0.15, 0.2) is 5.78 Å². The van der Waals surface area contributed by atoms with Crippen molar-refractivity contribution in [3.05, 3.63) is 77.1 Å². The fourth-order valence-corrected chi connectivity index (χ4v) is 8.20. The van der Waals surface area contributed by atoms with E-state index in [1.54, 1.807) is 42.4 Å². The lowest BCUT2D eigenvalue weighted by Crippen LogP contribution is -2.47. The summed E-state index contributed by atoms with van der Waals surface area (Å²) in [6, 6.07) is 7.65. The Morgan fingerprint density at radius 1 is 1.14 bits per heavy atom. The van der Waals surface area contributed by atoms with Gasteiger partial charge in [-0.25, -0.2) is 27.7 Å². The van der Waals surface area contributed by atoms with Crippen LogP contribution >= 0.6 is 15.9 Å². The molecule has 0 unspecified atom stereocenters. The lowest BCUT2D eigenvalue weighted by Gasteiger charge is -2.27. The molecule has 4 heterocycles. The van der Waals surface area contributed by atoms with Crippen molar-refractivity contribution in [3.8, 4) is 11.1 Å². The molecule has 2 amide bonds. The average Bonchev–Trinajstić information content (AvgIpc) is 3.49. The number of fused-ring (bicyclic) bond motifs is 2. The Morgan fingerprint density at radius 3 is 2.55 bits per heavy atom. The number of amides is 2. The molecular weight excluding hydrogens is 712 g/mol. The van der Waals surface area contributed by atoms with E-state index in [2.05, 4.69) is 47.9 Å². The zero-order valence-electron chi connectivity index (χ0n) is 27.7. The topological polar surface area (TPSA) is 160 Å². The van der Waals surface area contributed by atoms with E-state index in [1.165, 1.54) is 23.0 Å². The monoisotopic (exact) mass is 748 g/mol. The van der Waals surface area contributed by atoms with Crippen LogP contribution in [0.25, 0.3) is 22.0 Å². The number of aryl methyl sites for hydroxylation is 1. The highest BCUT2D eigenvalue weighted by molar-refractivity contribution is 9.10. The first kappa shape index (κ1) is 34.5. The zero-order chi connectivity index (χ0) is 35.2. The van der Waals surface area contributed by atoms with Crippen molar-refractivity contribution in [1.29, 1.82) is 0 Å². The number of hydrogen-bond acceptors (Lipinski definition) is 9. The molecule has 1 N–H and O–H groups in total. The van der Waals surface area contributed by atoms with Crippen LogP contribution < -0.4 is 5.32 Å². The molecule has 6 rings (SSSR count). The number of nitrogens with zero attached hydrogens (tertiary/aromatic N) is 7. The number of pyridine rings is 1. The molecule has 15 heteroatoms. The number of rotatable bonds is 12. The van der Waals surface area contributed by atoms with Gasteiger partial charge >= 0.3 is 0 Å². The molecule has 49 heavy (non-hydrogen) atoms. The number of carbonyl (C=O) groups is 3. The third-order valence-corrected chi connectivity index (χ3v) is 11.6. The highest BCUT2D eigenvalue weighted by Crippen LogP contribution is 2.60. The lowest BCUT2D eigenvalue weighted by molar-refractivity contribution is -0.138.